The minimum atomic E-state index is -0.361. The fourth-order valence-electron chi connectivity index (χ4n) is 3.30. The van der Waals surface area contributed by atoms with Gasteiger partial charge < -0.3 is 15.2 Å². The average molecular weight is 368 g/mol. The van der Waals surface area contributed by atoms with Crippen LogP contribution in [0.3, 0.4) is 0 Å². The highest BCUT2D eigenvalue weighted by Gasteiger charge is 2.29. The summed E-state index contributed by atoms with van der Waals surface area (Å²) in [7, 11) is 0. The van der Waals surface area contributed by atoms with Crippen molar-refractivity contribution in [3.8, 4) is 0 Å². The molecule has 1 aromatic heterocycles. The Kier molecular flexibility index (Phi) is 5.09. The quantitative estimate of drug-likeness (QED) is 0.869. The van der Waals surface area contributed by atoms with Crippen molar-refractivity contribution in [2.75, 3.05) is 5.32 Å². The zero-order chi connectivity index (χ0) is 19.8. The van der Waals surface area contributed by atoms with Gasteiger partial charge in [-0.05, 0) is 77.1 Å². The summed E-state index contributed by atoms with van der Waals surface area (Å²) in [6.45, 7) is 10.5. The number of carbonyl (C=O) groups excluding carboxylic acids is 2. The number of fused-ring (bicyclic) bond motifs is 1. The van der Waals surface area contributed by atoms with E-state index in [9.17, 15) is 9.59 Å². The van der Waals surface area contributed by atoms with Crippen LogP contribution in [0, 0.1) is 13.8 Å². The predicted molar refractivity (Wildman–Crippen MR) is 106 cm³/mol. The second kappa shape index (κ2) is 7.18. The monoisotopic (exact) mass is 368 g/mol. The lowest BCUT2D eigenvalue weighted by Crippen LogP contribution is -2.42. The number of aromatic nitrogens is 2. The number of hydrogen-bond donors (Lipinski definition) is 2. The van der Waals surface area contributed by atoms with Crippen molar-refractivity contribution < 1.29 is 9.59 Å². The minimum absolute atomic E-state index is 0.240. The molecule has 1 aromatic carbocycles. The van der Waals surface area contributed by atoms with Crippen LogP contribution >= 0.6 is 0 Å². The maximum atomic E-state index is 12.9. The fourth-order valence-corrected chi connectivity index (χ4v) is 3.30. The summed E-state index contributed by atoms with van der Waals surface area (Å²) in [6.07, 6.45) is 2.73. The molecule has 2 aromatic rings. The summed E-state index contributed by atoms with van der Waals surface area (Å²) in [5.74, 6) is -0.181. The van der Waals surface area contributed by atoms with E-state index in [2.05, 4.69) is 15.6 Å². The maximum absolute atomic E-state index is 12.9. The molecule has 2 heterocycles. The highest BCUT2D eigenvalue weighted by molar-refractivity contribution is 6.05. The van der Waals surface area contributed by atoms with E-state index < -0.39 is 0 Å². The van der Waals surface area contributed by atoms with Gasteiger partial charge in [0.1, 0.15) is 0 Å². The molecule has 2 N–H and O–H groups in total. The second-order valence-electron chi connectivity index (χ2n) is 8.30. The predicted octanol–water partition coefficient (Wildman–Crippen LogP) is 3.62. The third kappa shape index (κ3) is 4.21. The van der Waals surface area contributed by atoms with Gasteiger partial charge in [0.05, 0.1) is 5.69 Å². The number of rotatable bonds is 3. The molecule has 0 bridgehead atoms. The molecule has 144 valence electrons. The van der Waals surface area contributed by atoms with Crippen LogP contribution in [0.2, 0.25) is 0 Å². The lowest BCUT2D eigenvalue weighted by atomic mass is 10.1. The molecule has 0 atom stereocenters. The Morgan fingerprint density at radius 3 is 2.48 bits per heavy atom. The van der Waals surface area contributed by atoms with E-state index in [1.807, 2.05) is 57.4 Å². The molecular formula is C21H28N4O2. The van der Waals surface area contributed by atoms with Crippen LogP contribution in [-0.4, -0.2) is 26.9 Å². The van der Waals surface area contributed by atoms with Crippen molar-refractivity contribution in [1.82, 2.24) is 14.9 Å². The molecule has 2 amide bonds. The van der Waals surface area contributed by atoms with Crippen molar-refractivity contribution in [3.63, 3.8) is 0 Å². The smallest absolute Gasteiger partial charge is 0.287 e. The largest absolute Gasteiger partial charge is 0.345 e. The number of nitrogens with one attached hydrogen (secondary N) is 2. The number of anilines is 1. The van der Waals surface area contributed by atoms with E-state index in [0.29, 0.717) is 18.1 Å². The van der Waals surface area contributed by atoms with Gasteiger partial charge in [-0.15, -0.1) is 0 Å². The highest BCUT2D eigenvalue weighted by atomic mass is 16.2. The minimum Gasteiger partial charge on any atom is -0.345 e. The Bertz CT molecular complexity index is 890. The molecule has 0 fully saturated rings. The van der Waals surface area contributed by atoms with Gasteiger partial charge >= 0.3 is 0 Å². The molecule has 1 aliphatic rings. The third-order valence-electron chi connectivity index (χ3n) is 4.79. The van der Waals surface area contributed by atoms with Crippen LogP contribution in [-0.2, 0) is 13.0 Å². The van der Waals surface area contributed by atoms with Gasteiger partial charge in [-0.25, -0.2) is 4.98 Å². The number of hydrogen-bond acceptors (Lipinski definition) is 3. The number of imidazole rings is 1. The first-order valence-electron chi connectivity index (χ1n) is 9.46. The number of aryl methyl sites for hydroxylation is 2. The van der Waals surface area contributed by atoms with Crippen molar-refractivity contribution in [3.05, 3.63) is 46.5 Å². The highest BCUT2D eigenvalue weighted by Crippen LogP contribution is 2.23. The first-order chi connectivity index (χ1) is 12.7. The molecule has 1 aliphatic heterocycles. The normalized spacial score (nSPS) is 13.8. The summed E-state index contributed by atoms with van der Waals surface area (Å²) in [4.78, 5) is 30.0. The molecule has 6 nitrogen and oxygen atoms in total. The van der Waals surface area contributed by atoms with Gasteiger partial charge in [-0.3, -0.25) is 9.59 Å². The summed E-state index contributed by atoms with van der Waals surface area (Å²) >= 11 is 0. The Morgan fingerprint density at radius 2 is 1.81 bits per heavy atom. The molecule has 0 saturated carbocycles. The van der Waals surface area contributed by atoms with Crippen LogP contribution in [0.1, 0.15) is 71.5 Å². The molecule has 0 aliphatic carbocycles. The number of nitrogens with zero attached hydrogens (tertiary/aromatic N) is 2. The molecule has 0 spiro atoms. The Hall–Kier alpha value is -2.63. The summed E-state index contributed by atoms with van der Waals surface area (Å²) in [6, 6.07) is 5.81. The van der Waals surface area contributed by atoms with Crippen molar-refractivity contribution >= 4 is 17.5 Å². The second-order valence-corrected chi connectivity index (χ2v) is 8.30. The van der Waals surface area contributed by atoms with Gasteiger partial charge in [-0.1, -0.05) is 6.07 Å². The van der Waals surface area contributed by atoms with Gasteiger partial charge in [0.2, 0.25) is 0 Å². The van der Waals surface area contributed by atoms with E-state index in [0.717, 1.165) is 36.2 Å². The number of benzene rings is 1. The van der Waals surface area contributed by atoms with Gasteiger partial charge in [-0.2, -0.15) is 0 Å². The Labute approximate surface area is 160 Å². The van der Waals surface area contributed by atoms with Crippen LogP contribution in [0.15, 0.2) is 18.2 Å². The van der Waals surface area contributed by atoms with Crippen LogP contribution in [0.4, 0.5) is 5.69 Å². The van der Waals surface area contributed by atoms with Crippen LogP contribution in [0.5, 0.6) is 0 Å². The van der Waals surface area contributed by atoms with E-state index in [1.54, 1.807) is 0 Å². The molecule has 0 unspecified atom stereocenters. The molecule has 3 rings (SSSR count). The van der Waals surface area contributed by atoms with Gasteiger partial charge in [0.25, 0.3) is 11.8 Å². The first kappa shape index (κ1) is 19.1. The molecule has 0 saturated heterocycles. The summed E-state index contributed by atoms with van der Waals surface area (Å²) < 4.78 is 1.90. The molecule has 27 heavy (non-hydrogen) atoms. The van der Waals surface area contributed by atoms with E-state index in [-0.39, 0.29) is 17.4 Å². The SMILES string of the molecule is Cc1ccc(NC(=O)c2nc(C(=O)NC(C)(C)C)n3c2CCCC3)cc1C. The lowest BCUT2D eigenvalue weighted by Gasteiger charge is -2.22. The Balaban J connectivity index is 1.91. The molecule has 0 radical (unpaired) electrons. The topological polar surface area (TPSA) is 76.0 Å². The van der Waals surface area contributed by atoms with E-state index in [1.165, 1.54) is 5.56 Å². The Morgan fingerprint density at radius 1 is 1.07 bits per heavy atom. The van der Waals surface area contributed by atoms with Crippen LogP contribution in [0.25, 0.3) is 0 Å². The zero-order valence-electron chi connectivity index (χ0n) is 16.8. The van der Waals surface area contributed by atoms with Gasteiger partial charge in [0.15, 0.2) is 11.5 Å². The number of carbonyl (C=O) groups is 2. The lowest BCUT2D eigenvalue weighted by molar-refractivity contribution is 0.0903. The standard InChI is InChI=1S/C21H28N4O2/c1-13-9-10-15(12-14(13)2)22-19(26)17-16-8-6-7-11-25(16)18(23-17)20(27)24-21(3,4)5/h9-10,12H,6-8,11H2,1-5H3,(H,22,26)(H,24,27). The van der Waals surface area contributed by atoms with Gasteiger partial charge in [0, 0.05) is 17.8 Å². The van der Waals surface area contributed by atoms with E-state index in [4.69, 9.17) is 0 Å². The fraction of sp³-hybridized carbons (Fsp3) is 0.476. The van der Waals surface area contributed by atoms with Crippen molar-refractivity contribution in [1.29, 1.82) is 0 Å². The zero-order valence-corrected chi connectivity index (χ0v) is 16.8. The van der Waals surface area contributed by atoms with E-state index >= 15 is 0 Å². The summed E-state index contributed by atoms with van der Waals surface area (Å²) in [5, 5.41) is 5.88. The molecule has 6 heteroatoms. The average Bonchev–Trinajstić information content (AvgIpc) is 2.97. The van der Waals surface area contributed by atoms with Crippen molar-refractivity contribution in [2.24, 2.45) is 0 Å². The molecular weight excluding hydrogens is 340 g/mol. The van der Waals surface area contributed by atoms with Crippen LogP contribution < -0.4 is 10.6 Å². The third-order valence-corrected chi connectivity index (χ3v) is 4.79. The number of amides is 2. The van der Waals surface area contributed by atoms with Crippen molar-refractivity contribution in [2.45, 2.75) is 66.0 Å². The first-order valence-corrected chi connectivity index (χ1v) is 9.46. The summed E-state index contributed by atoms with van der Waals surface area (Å²) in [5.41, 5.74) is 3.87. The maximum Gasteiger partial charge on any atom is 0.287 e.